The average Bonchev–Trinajstić information content (AvgIpc) is 2.42. The molecule has 2 nitrogen and oxygen atoms in total. The lowest BCUT2D eigenvalue weighted by Gasteiger charge is -2.11. The molecule has 2 aromatic carbocycles. The molecule has 0 bridgehead atoms. The Balaban J connectivity index is 2.36. The Morgan fingerprint density at radius 2 is 1.72 bits per heavy atom. The Morgan fingerprint density at radius 3 is 2.50 bits per heavy atom. The molecule has 0 fully saturated rings. The maximum atomic E-state index is 5.79. The van der Waals surface area contributed by atoms with Gasteiger partial charge in [0, 0.05) is 17.5 Å². The van der Waals surface area contributed by atoms with E-state index in [9.17, 15) is 0 Å². The Labute approximate surface area is 109 Å². The molecule has 0 saturated heterocycles. The predicted molar refractivity (Wildman–Crippen MR) is 74.4 cm³/mol. The van der Waals surface area contributed by atoms with E-state index in [4.69, 9.17) is 9.47 Å². The molecular formula is C16H19O2. The van der Waals surface area contributed by atoms with Crippen molar-refractivity contribution in [3.05, 3.63) is 36.4 Å². The molecule has 2 aromatic rings. The number of rotatable bonds is 6. The lowest BCUT2D eigenvalue weighted by Crippen LogP contribution is -1.99. The van der Waals surface area contributed by atoms with Gasteiger partial charge in [0.15, 0.2) is 0 Å². The van der Waals surface area contributed by atoms with Crippen molar-refractivity contribution in [1.29, 1.82) is 0 Å². The average molecular weight is 243 g/mol. The van der Waals surface area contributed by atoms with Crippen LogP contribution in [-0.4, -0.2) is 13.2 Å². The molecule has 0 aliphatic heterocycles. The monoisotopic (exact) mass is 243 g/mol. The highest BCUT2D eigenvalue weighted by Crippen LogP contribution is 2.30. The van der Waals surface area contributed by atoms with Crippen LogP contribution in [-0.2, 0) is 0 Å². The van der Waals surface area contributed by atoms with Crippen molar-refractivity contribution in [3.63, 3.8) is 0 Å². The number of hydrogen-bond donors (Lipinski definition) is 0. The van der Waals surface area contributed by atoms with Gasteiger partial charge in [-0.05, 0) is 18.2 Å². The van der Waals surface area contributed by atoms with E-state index in [2.05, 4.69) is 26.0 Å². The SMILES string of the molecule is CCCOc1[c]c2ccccc2c(OCCC)c1. The fourth-order valence-electron chi connectivity index (χ4n) is 1.79. The summed E-state index contributed by atoms with van der Waals surface area (Å²) in [5.41, 5.74) is 0. The minimum atomic E-state index is 0.710. The van der Waals surface area contributed by atoms with Crippen LogP contribution in [0.2, 0.25) is 0 Å². The molecule has 0 spiro atoms. The first-order valence-electron chi connectivity index (χ1n) is 6.55. The van der Waals surface area contributed by atoms with E-state index in [1.54, 1.807) is 0 Å². The molecular weight excluding hydrogens is 224 g/mol. The van der Waals surface area contributed by atoms with Crippen molar-refractivity contribution in [2.45, 2.75) is 26.7 Å². The summed E-state index contributed by atoms with van der Waals surface area (Å²) in [7, 11) is 0. The van der Waals surface area contributed by atoms with E-state index in [0.717, 1.165) is 41.7 Å². The zero-order valence-electron chi connectivity index (χ0n) is 11.0. The fourth-order valence-corrected chi connectivity index (χ4v) is 1.79. The van der Waals surface area contributed by atoms with E-state index < -0.39 is 0 Å². The van der Waals surface area contributed by atoms with E-state index in [1.165, 1.54) is 0 Å². The van der Waals surface area contributed by atoms with E-state index >= 15 is 0 Å². The second-order valence-corrected chi connectivity index (χ2v) is 4.24. The second-order valence-electron chi connectivity index (χ2n) is 4.24. The van der Waals surface area contributed by atoms with Gasteiger partial charge in [0.2, 0.25) is 0 Å². The largest absolute Gasteiger partial charge is 0.493 e. The molecule has 0 aromatic heterocycles. The second kappa shape index (κ2) is 6.29. The van der Waals surface area contributed by atoms with Crippen LogP contribution in [0.15, 0.2) is 30.3 Å². The van der Waals surface area contributed by atoms with Crippen LogP contribution in [0.25, 0.3) is 10.8 Å². The number of fused-ring (bicyclic) bond motifs is 1. The van der Waals surface area contributed by atoms with Crippen molar-refractivity contribution in [2.24, 2.45) is 0 Å². The molecule has 0 aliphatic carbocycles. The summed E-state index contributed by atoms with van der Waals surface area (Å²) in [5.74, 6) is 1.65. The van der Waals surface area contributed by atoms with E-state index in [-0.39, 0.29) is 0 Å². The highest BCUT2D eigenvalue weighted by molar-refractivity contribution is 5.89. The van der Waals surface area contributed by atoms with Crippen LogP contribution in [0.3, 0.4) is 0 Å². The Bertz CT molecular complexity index is 505. The predicted octanol–water partition coefficient (Wildman–Crippen LogP) is 4.22. The normalized spacial score (nSPS) is 10.6. The lowest BCUT2D eigenvalue weighted by molar-refractivity contribution is 0.304. The molecule has 0 atom stereocenters. The fraction of sp³-hybridized carbons (Fsp3) is 0.375. The van der Waals surface area contributed by atoms with Crippen molar-refractivity contribution >= 4 is 10.8 Å². The number of hydrogen-bond acceptors (Lipinski definition) is 2. The summed E-state index contributed by atoms with van der Waals surface area (Å²) >= 11 is 0. The van der Waals surface area contributed by atoms with Crippen molar-refractivity contribution < 1.29 is 9.47 Å². The van der Waals surface area contributed by atoms with Crippen LogP contribution in [0.4, 0.5) is 0 Å². The molecule has 0 amide bonds. The lowest BCUT2D eigenvalue weighted by atomic mass is 10.1. The Hall–Kier alpha value is -1.70. The molecule has 0 N–H and O–H groups in total. The van der Waals surface area contributed by atoms with E-state index in [1.807, 2.05) is 24.3 Å². The van der Waals surface area contributed by atoms with Crippen molar-refractivity contribution in [2.75, 3.05) is 13.2 Å². The number of benzene rings is 2. The van der Waals surface area contributed by atoms with Gasteiger partial charge in [0.05, 0.1) is 13.2 Å². The van der Waals surface area contributed by atoms with Gasteiger partial charge in [-0.2, -0.15) is 0 Å². The zero-order chi connectivity index (χ0) is 12.8. The van der Waals surface area contributed by atoms with Gasteiger partial charge in [-0.15, -0.1) is 0 Å². The summed E-state index contributed by atoms with van der Waals surface area (Å²) in [4.78, 5) is 0. The first-order valence-corrected chi connectivity index (χ1v) is 6.55. The summed E-state index contributed by atoms with van der Waals surface area (Å²) in [5, 5.41) is 2.13. The first-order chi connectivity index (χ1) is 8.85. The summed E-state index contributed by atoms with van der Waals surface area (Å²) in [6, 6.07) is 13.3. The minimum Gasteiger partial charge on any atom is -0.493 e. The third kappa shape index (κ3) is 2.95. The minimum absolute atomic E-state index is 0.710. The molecule has 0 heterocycles. The van der Waals surface area contributed by atoms with Gasteiger partial charge in [-0.1, -0.05) is 38.1 Å². The van der Waals surface area contributed by atoms with Gasteiger partial charge in [0.25, 0.3) is 0 Å². The number of ether oxygens (including phenoxy) is 2. The van der Waals surface area contributed by atoms with Gasteiger partial charge in [-0.3, -0.25) is 0 Å². The third-order valence-electron chi connectivity index (χ3n) is 2.64. The highest BCUT2D eigenvalue weighted by Gasteiger charge is 2.06. The van der Waals surface area contributed by atoms with Gasteiger partial charge in [0.1, 0.15) is 11.5 Å². The molecule has 1 radical (unpaired) electrons. The zero-order valence-corrected chi connectivity index (χ0v) is 11.0. The third-order valence-corrected chi connectivity index (χ3v) is 2.64. The molecule has 0 saturated carbocycles. The maximum absolute atomic E-state index is 5.79. The quantitative estimate of drug-likeness (QED) is 0.756. The molecule has 0 unspecified atom stereocenters. The summed E-state index contributed by atoms with van der Waals surface area (Å²) in [6.45, 7) is 5.63. The smallest absolute Gasteiger partial charge is 0.131 e. The van der Waals surface area contributed by atoms with Crippen LogP contribution < -0.4 is 9.47 Å². The highest BCUT2D eigenvalue weighted by atomic mass is 16.5. The van der Waals surface area contributed by atoms with Crippen LogP contribution in [0.1, 0.15) is 26.7 Å². The Morgan fingerprint density at radius 1 is 1.00 bits per heavy atom. The van der Waals surface area contributed by atoms with Crippen molar-refractivity contribution in [1.82, 2.24) is 0 Å². The van der Waals surface area contributed by atoms with Crippen LogP contribution >= 0.6 is 0 Å². The molecule has 0 aliphatic rings. The molecule has 2 rings (SSSR count). The maximum Gasteiger partial charge on any atom is 0.131 e. The van der Waals surface area contributed by atoms with Gasteiger partial charge in [-0.25, -0.2) is 0 Å². The first kappa shape index (κ1) is 12.7. The molecule has 18 heavy (non-hydrogen) atoms. The van der Waals surface area contributed by atoms with Gasteiger partial charge < -0.3 is 9.47 Å². The molecule has 95 valence electrons. The standard InChI is InChI=1S/C16H19O2/c1-3-9-17-14-11-13-7-5-6-8-15(13)16(12-14)18-10-4-2/h5-8,12H,3-4,9-10H2,1-2H3. The Kier molecular flexibility index (Phi) is 4.46. The van der Waals surface area contributed by atoms with Crippen LogP contribution in [0.5, 0.6) is 11.5 Å². The van der Waals surface area contributed by atoms with E-state index in [0.29, 0.717) is 6.61 Å². The topological polar surface area (TPSA) is 18.5 Å². The van der Waals surface area contributed by atoms with Crippen LogP contribution in [0, 0.1) is 6.07 Å². The molecule has 2 heteroatoms. The van der Waals surface area contributed by atoms with Crippen molar-refractivity contribution in [3.8, 4) is 11.5 Å². The summed E-state index contributed by atoms with van der Waals surface area (Å²) < 4.78 is 11.4. The summed E-state index contributed by atoms with van der Waals surface area (Å²) in [6.07, 6.45) is 1.99. The van der Waals surface area contributed by atoms with Gasteiger partial charge >= 0.3 is 0 Å².